The van der Waals surface area contributed by atoms with Crippen LogP contribution in [0.25, 0.3) is 10.9 Å². The van der Waals surface area contributed by atoms with Crippen LogP contribution in [0.5, 0.6) is 5.75 Å². The number of nitrogens with zero attached hydrogens (tertiary/aromatic N) is 1. The number of pyridine rings is 1. The highest BCUT2D eigenvalue weighted by molar-refractivity contribution is 6.03. The highest BCUT2D eigenvalue weighted by Gasteiger charge is 2.14. The summed E-state index contributed by atoms with van der Waals surface area (Å²) in [5.74, 6) is 0.520. The van der Waals surface area contributed by atoms with Crippen molar-refractivity contribution in [2.75, 3.05) is 18.5 Å². The van der Waals surface area contributed by atoms with Gasteiger partial charge in [0.1, 0.15) is 23.6 Å². The minimum absolute atomic E-state index is 0.0308. The third-order valence-electron chi connectivity index (χ3n) is 4.17. The van der Waals surface area contributed by atoms with E-state index in [0.717, 1.165) is 22.3 Å². The van der Waals surface area contributed by atoms with Crippen molar-refractivity contribution in [1.82, 2.24) is 4.98 Å². The number of para-hydroxylation sites is 2. The summed E-state index contributed by atoms with van der Waals surface area (Å²) in [7, 11) is 0. The number of carbonyl (C=O) groups excluding carboxylic acids is 1. The molecule has 0 fully saturated rings. The molecule has 0 spiro atoms. The molecule has 3 aromatic rings. The summed E-state index contributed by atoms with van der Waals surface area (Å²) >= 11 is 0. The highest BCUT2D eigenvalue weighted by atomic mass is 16.5. The van der Waals surface area contributed by atoms with E-state index in [4.69, 9.17) is 9.84 Å². The molecule has 0 aliphatic rings. The van der Waals surface area contributed by atoms with Crippen LogP contribution in [0.3, 0.4) is 0 Å². The molecule has 134 valence electrons. The van der Waals surface area contributed by atoms with Crippen LogP contribution in [0.2, 0.25) is 0 Å². The van der Waals surface area contributed by atoms with Crippen LogP contribution in [0.15, 0.2) is 48.5 Å². The van der Waals surface area contributed by atoms with E-state index in [2.05, 4.69) is 10.3 Å². The molecule has 0 bridgehead atoms. The summed E-state index contributed by atoms with van der Waals surface area (Å²) in [5, 5.41) is 13.3. The zero-order chi connectivity index (χ0) is 18.5. The fraction of sp³-hybridized carbons (Fsp3) is 0.238. The molecule has 3 rings (SSSR count). The van der Waals surface area contributed by atoms with Gasteiger partial charge in [-0.25, -0.2) is 4.98 Å². The number of Topliss-reactive ketones (excluding diaryl/α,β-unsaturated/α-hetero) is 1. The maximum absolute atomic E-state index is 12.3. The third-order valence-corrected chi connectivity index (χ3v) is 4.17. The van der Waals surface area contributed by atoms with E-state index in [9.17, 15) is 4.79 Å². The average molecular weight is 350 g/mol. The number of ether oxygens (including phenoxy) is 1. The Hall–Kier alpha value is -2.92. The van der Waals surface area contributed by atoms with Gasteiger partial charge in [-0.3, -0.25) is 4.79 Å². The first kappa shape index (κ1) is 17.9. The molecular formula is C21H22N2O3. The Labute approximate surface area is 152 Å². The molecule has 0 amide bonds. The zero-order valence-corrected chi connectivity index (χ0v) is 15.0. The lowest BCUT2D eigenvalue weighted by atomic mass is 10.1. The SMILES string of the molecule is CCC(=O)c1cc(Nc2ccccc2C)c2cccc(OCCO)c2n1. The molecule has 0 aliphatic carbocycles. The molecule has 2 aromatic carbocycles. The number of benzene rings is 2. The van der Waals surface area contributed by atoms with Crippen LogP contribution in [-0.2, 0) is 0 Å². The van der Waals surface area contributed by atoms with Gasteiger partial charge in [0.15, 0.2) is 5.78 Å². The predicted molar refractivity (Wildman–Crippen MR) is 103 cm³/mol. The molecule has 0 unspecified atom stereocenters. The number of anilines is 2. The second kappa shape index (κ2) is 7.97. The second-order valence-electron chi connectivity index (χ2n) is 6.00. The van der Waals surface area contributed by atoms with E-state index < -0.39 is 0 Å². The average Bonchev–Trinajstić information content (AvgIpc) is 2.67. The Morgan fingerprint density at radius 3 is 2.69 bits per heavy atom. The molecule has 0 radical (unpaired) electrons. The number of aliphatic hydroxyl groups excluding tert-OH is 1. The molecule has 0 saturated carbocycles. The molecule has 1 aromatic heterocycles. The largest absolute Gasteiger partial charge is 0.489 e. The van der Waals surface area contributed by atoms with E-state index in [0.29, 0.717) is 23.4 Å². The molecule has 0 aliphatic heterocycles. The fourth-order valence-corrected chi connectivity index (χ4v) is 2.78. The van der Waals surface area contributed by atoms with Crippen LogP contribution >= 0.6 is 0 Å². The highest BCUT2D eigenvalue weighted by Crippen LogP contribution is 2.33. The smallest absolute Gasteiger partial charge is 0.181 e. The first-order chi connectivity index (χ1) is 12.6. The van der Waals surface area contributed by atoms with Crippen molar-refractivity contribution in [3.8, 4) is 5.75 Å². The Morgan fingerprint density at radius 1 is 1.15 bits per heavy atom. The number of rotatable bonds is 7. The van der Waals surface area contributed by atoms with E-state index in [-0.39, 0.29) is 19.0 Å². The Bertz CT molecular complexity index is 938. The molecule has 0 saturated heterocycles. The fourth-order valence-electron chi connectivity index (χ4n) is 2.78. The maximum Gasteiger partial charge on any atom is 0.181 e. The first-order valence-corrected chi connectivity index (χ1v) is 8.67. The molecular weight excluding hydrogens is 328 g/mol. The number of carbonyl (C=O) groups is 1. The van der Waals surface area contributed by atoms with Gasteiger partial charge in [0.2, 0.25) is 0 Å². The monoisotopic (exact) mass is 350 g/mol. The molecule has 5 nitrogen and oxygen atoms in total. The van der Waals surface area contributed by atoms with Crippen molar-refractivity contribution in [1.29, 1.82) is 0 Å². The normalized spacial score (nSPS) is 10.7. The summed E-state index contributed by atoms with van der Waals surface area (Å²) in [5.41, 5.74) is 3.88. The van der Waals surface area contributed by atoms with Crippen molar-refractivity contribution in [3.63, 3.8) is 0 Å². The summed E-state index contributed by atoms with van der Waals surface area (Å²) in [4.78, 5) is 16.8. The van der Waals surface area contributed by atoms with Crippen LogP contribution in [0.1, 0.15) is 29.4 Å². The van der Waals surface area contributed by atoms with Crippen molar-refractivity contribution in [2.45, 2.75) is 20.3 Å². The van der Waals surface area contributed by atoms with Crippen molar-refractivity contribution in [2.24, 2.45) is 0 Å². The van der Waals surface area contributed by atoms with Gasteiger partial charge in [0.05, 0.1) is 12.3 Å². The Balaban J connectivity index is 2.16. The lowest BCUT2D eigenvalue weighted by molar-refractivity contribution is 0.0983. The van der Waals surface area contributed by atoms with Gasteiger partial charge in [-0.15, -0.1) is 0 Å². The standard InChI is InChI=1S/C21H22N2O3/c1-3-19(25)18-13-17(22-16-9-5-4-7-14(16)2)15-8-6-10-20(21(15)23-18)26-12-11-24/h4-10,13,24H,3,11-12H2,1-2H3,(H,22,23). The Kier molecular flexibility index (Phi) is 5.49. The van der Waals surface area contributed by atoms with Gasteiger partial charge in [-0.1, -0.05) is 37.3 Å². The molecule has 0 atom stereocenters. The number of fused-ring (bicyclic) bond motifs is 1. The maximum atomic E-state index is 12.3. The topological polar surface area (TPSA) is 71.5 Å². The quantitative estimate of drug-likeness (QED) is 0.623. The number of nitrogens with one attached hydrogen (secondary N) is 1. The molecule has 2 N–H and O–H groups in total. The van der Waals surface area contributed by atoms with Crippen LogP contribution in [-0.4, -0.2) is 29.1 Å². The van der Waals surface area contributed by atoms with Gasteiger partial charge in [0.25, 0.3) is 0 Å². The van der Waals surface area contributed by atoms with Crippen LogP contribution in [0, 0.1) is 6.92 Å². The number of ketones is 1. The first-order valence-electron chi connectivity index (χ1n) is 8.67. The second-order valence-corrected chi connectivity index (χ2v) is 6.00. The predicted octanol–water partition coefficient (Wildman–Crippen LogP) is 4.25. The molecule has 1 heterocycles. The van der Waals surface area contributed by atoms with Gasteiger partial charge in [-0.05, 0) is 30.7 Å². The third kappa shape index (κ3) is 3.68. The minimum atomic E-state index is -0.0850. The van der Waals surface area contributed by atoms with Gasteiger partial charge in [-0.2, -0.15) is 0 Å². The van der Waals surface area contributed by atoms with Crippen LogP contribution in [0.4, 0.5) is 11.4 Å². The van der Waals surface area contributed by atoms with Gasteiger partial charge >= 0.3 is 0 Å². The summed E-state index contributed by atoms with van der Waals surface area (Å²) in [6.07, 6.45) is 0.377. The lowest BCUT2D eigenvalue weighted by Gasteiger charge is -2.15. The number of aromatic nitrogens is 1. The van der Waals surface area contributed by atoms with Crippen molar-refractivity contribution >= 4 is 28.1 Å². The Morgan fingerprint density at radius 2 is 1.96 bits per heavy atom. The van der Waals surface area contributed by atoms with E-state index in [1.54, 1.807) is 12.1 Å². The van der Waals surface area contributed by atoms with Gasteiger partial charge in [0, 0.05) is 17.5 Å². The summed E-state index contributed by atoms with van der Waals surface area (Å²) < 4.78 is 5.61. The zero-order valence-electron chi connectivity index (χ0n) is 15.0. The molecule has 5 heteroatoms. The number of hydrogen-bond donors (Lipinski definition) is 2. The van der Waals surface area contributed by atoms with E-state index in [1.165, 1.54) is 0 Å². The molecule has 26 heavy (non-hydrogen) atoms. The minimum Gasteiger partial charge on any atom is -0.489 e. The lowest BCUT2D eigenvalue weighted by Crippen LogP contribution is -2.06. The number of aryl methyl sites for hydroxylation is 1. The number of aliphatic hydroxyl groups is 1. The summed E-state index contributed by atoms with van der Waals surface area (Å²) in [6, 6.07) is 15.4. The summed E-state index contributed by atoms with van der Waals surface area (Å²) in [6.45, 7) is 3.93. The van der Waals surface area contributed by atoms with Crippen molar-refractivity contribution in [3.05, 3.63) is 59.8 Å². The van der Waals surface area contributed by atoms with Gasteiger partial charge < -0.3 is 15.2 Å². The van der Waals surface area contributed by atoms with E-state index >= 15 is 0 Å². The van der Waals surface area contributed by atoms with Crippen LogP contribution < -0.4 is 10.1 Å². The number of hydrogen-bond acceptors (Lipinski definition) is 5. The van der Waals surface area contributed by atoms with Crippen molar-refractivity contribution < 1.29 is 14.6 Å². The van der Waals surface area contributed by atoms with E-state index in [1.807, 2.05) is 50.2 Å².